The van der Waals surface area contributed by atoms with Gasteiger partial charge in [0.05, 0.1) is 12.3 Å². The number of carbonyl (C=O) groups is 2. The molecule has 0 bridgehead atoms. The van der Waals surface area contributed by atoms with Crippen LogP contribution in [-0.2, 0) is 20.8 Å². The molecule has 21 heavy (non-hydrogen) atoms. The van der Waals surface area contributed by atoms with Gasteiger partial charge < -0.3 is 14.0 Å². The summed E-state index contributed by atoms with van der Waals surface area (Å²) in [5, 5.41) is 0. The maximum Gasteiger partial charge on any atom is 0.411 e. The number of esters is 1. The van der Waals surface area contributed by atoms with Crippen LogP contribution in [0.25, 0.3) is 0 Å². The maximum absolute atomic E-state index is 12.4. The van der Waals surface area contributed by atoms with Crippen LogP contribution in [0, 0.1) is 0 Å². The molecule has 0 saturated heterocycles. The van der Waals surface area contributed by atoms with E-state index in [-0.39, 0.29) is 6.61 Å². The Hall–Kier alpha value is -1.98. The lowest BCUT2D eigenvalue weighted by atomic mass is 10.1. The molecule has 1 unspecified atom stereocenters. The van der Waals surface area contributed by atoms with Crippen molar-refractivity contribution in [2.24, 2.45) is 0 Å². The summed E-state index contributed by atoms with van der Waals surface area (Å²) in [6, 6.07) is 2.95. The zero-order chi connectivity index (χ0) is 15.6. The van der Waals surface area contributed by atoms with Gasteiger partial charge in [0, 0.05) is 19.3 Å². The minimum absolute atomic E-state index is 0.276. The maximum atomic E-state index is 12.4. The Labute approximate surface area is 124 Å². The monoisotopic (exact) mass is 294 g/mol. The largest absolute Gasteiger partial charge is 0.464 e. The fraction of sp³-hybridized carbons (Fsp3) is 0.600. The summed E-state index contributed by atoms with van der Waals surface area (Å²) in [6.07, 6.45) is 1.40. The molecule has 6 heteroatoms. The summed E-state index contributed by atoms with van der Waals surface area (Å²) in [5.41, 5.74) is 0.154. The third-order valence-corrected chi connectivity index (χ3v) is 3.18. The molecule has 1 aliphatic rings. The van der Waals surface area contributed by atoms with Gasteiger partial charge >= 0.3 is 12.1 Å². The molecule has 1 amide bonds. The Morgan fingerprint density at radius 1 is 1.33 bits per heavy atom. The number of amides is 1. The standard InChI is InChI=1S/C15H22N2O4/c1-5-20-13(18)12-11-7-6-8-16(11)9-10-17(12)14(19)21-15(2,3)4/h6-8,12H,5,9-10H2,1-4H3. The van der Waals surface area contributed by atoms with Gasteiger partial charge in [-0.15, -0.1) is 0 Å². The van der Waals surface area contributed by atoms with Crippen LogP contribution >= 0.6 is 0 Å². The van der Waals surface area contributed by atoms with Gasteiger partial charge in [0.25, 0.3) is 0 Å². The zero-order valence-electron chi connectivity index (χ0n) is 13.0. The van der Waals surface area contributed by atoms with Gasteiger partial charge in [-0.3, -0.25) is 4.90 Å². The lowest BCUT2D eigenvalue weighted by Gasteiger charge is -2.36. The van der Waals surface area contributed by atoms with Crippen LogP contribution in [0.15, 0.2) is 18.3 Å². The van der Waals surface area contributed by atoms with E-state index in [2.05, 4.69) is 0 Å². The average molecular weight is 294 g/mol. The molecule has 0 saturated carbocycles. The fourth-order valence-electron chi connectivity index (χ4n) is 2.37. The molecule has 6 nitrogen and oxygen atoms in total. The van der Waals surface area contributed by atoms with Gasteiger partial charge in [0.15, 0.2) is 6.04 Å². The highest BCUT2D eigenvalue weighted by Crippen LogP contribution is 2.28. The van der Waals surface area contributed by atoms with E-state index in [1.54, 1.807) is 27.7 Å². The predicted molar refractivity (Wildman–Crippen MR) is 76.7 cm³/mol. The Morgan fingerprint density at radius 3 is 2.67 bits per heavy atom. The van der Waals surface area contributed by atoms with Crippen LogP contribution < -0.4 is 0 Å². The van der Waals surface area contributed by atoms with E-state index in [4.69, 9.17) is 9.47 Å². The van der Waals surface area contributed by atoms with Crippen molar-refractivity contribution in [1.29, 1.82) is 0 Å². The van der Waals surface area contributed by atoms with Crippen LogP contribution in [0.1, 0.15) is 39.4 Å². The highest BCUT2D eigenvalue weighted by molar-refractivity contribution is 5.83. The normalized spacial score (nSPS) is 18.1. The summed E-state index contributed by atoms with van der Waals surface area (Å²) < 4.78 is 12.5. The lowest BCUT2D eigenvalue weighted by molar-refractivity contribution is -0.150. The van der Waals surface area contributed by atoms with Crippen molar-refractivity contribution in [2.45, 2.75) is 45.9 Å². The van der Waals surface area contributed by atoms with Crippen LogP contribution in [0.5, 0.6) is 0 Å². The minimum Gasteiger partial charge on any atom is -0.464 e. The molecule has 0 N–H and O–H groups in total. The Morgan fingerprint density at radius 2 is 2.05 bits per heavy atom. The second-order valence-corrected chi connectivity index (χ2v) is 5.95. The highest BCUT2D eigenvalue weighted by atomic mass is 16.6. The molecule has 1 atom stereocenters. The van der Waals surface area contributed by atoms with Crippen molar-refractivity contribution >= 4 is 12.1 Å². The molecule has 0 radical (unpaired) electrons. The van der Waals surface area contributed by atoms with Gasteiger partial charge in [-0.25, -0.2) is 9.59 Å². The molecular weight excluding hydrogens is 272 g/mol. The second kappa shape index (κ2) is 5.79. The number of nitrogens with zero attached hydrogens (tertiary/aromatic N) is 2. The average Bonchev–Trinajstić information content (AvgIpc) is 2.83. The van der Waals surface area contributed by atoms with E-state index in [0.29, 0.717) is 13.1 Å². The first kappa shape index (κ1) is 15.4. The molecule has 2 heterocycles. The Kier molecular flexibility index (Phi) is 4.25. The smallest absolute Gasteiger partial charge is 0.411 e. The predicted octanol–water partition coefficient (Wildman–Crippen LogP) is 2.34. The summed E-state index contributed by atoms with van der Waals surface area (Å²) in [4.78, 5) is 26.0. The molecule has 0 aromatic carbocycles. The van der Waals surface area contributed by atoms with Gasteiger partial charge in [-0.05, 0) is 39.8 Å². The molecule has 0 fully saturated rings. The van der Waals surface area contributed by atoms with E-state index in [9.17, 15) is 9.59 Å². The minimum atomic E-state index is -0.747. The van der Waals surface area contributed by atoms with E-state index in [0.717, 1.165) is 5.69 Å². The first-order valence-corrected chi connectivity index (χ1v) is 7.15. The summed E-state index contributed by atoms with van der Waals surface area (Å²) in [7, 11) is 0. The van der Waals surface area contributed by atoms with Crippen LogP contribution in [0.2, 0.25) is 0 Å². The third-order valence-electron chi connectivity index (χ3n) is 3.18. The number of fused-ring (bicyclic) bond motifs is 1. The summed E-state index contributed by atoms with van der Waals surface area (Å²) >= 11 is 0. The molecule has 116 valence electrons. The fourth-order valence-corrected chi connectivity index (χ4v) is 2.37. The summed E-state index contributed by atoms with van der Waals surface area (Å²) in [5.74, 6) is -0.428. The van der Waals surface area contributed by atoms with Gasteiger partial charge in [-0.1, -0.05) is 0 Å². The van der Waals surface area contributed by atoms with Crippen LogP contribution in [0.3, 0.4) is 0 Å². The van der Waals surface area contributed by atoms with Crippen molar-refractivity contribution in [3.8, 4) is 0 Å². The molecule has 2 rings (SSSR count). The Bertz CT molecular complexity index is 530. The molecule has 1 aromatic rings. The number of aromatic nitrogens is 1. The number of hydrogen-bond donors (Lipinski definition) is 0. The van der Waals surface area contributed by atoms with Crippen molar-refractivity contribution in [3.63, 3.8) is 0 Å². The van der Waals surface area contributed by atoms with Crippen LogP contribution in [0.4, 0.5) is 4.79 Å². The Balaban J connectivity index is 2.28. The first-order valence-electron chi connectivity index (χ1n) is 7.15. The molecule has 0 spiro atoms. The topological polar surface area (TPSA) is 60.8 Å². The lowest BCUT2D eigenvalue weighted by Crippen LogP contribution is -2.47. The highest BCUT2D eigenvalue weighted by Gasteiger charge is 2.39. The number of ether oxygens (including phenoxy) is 2. The number of rotatable bonds is 2. The SMILES string of the molecule is CCOC(=O)C1c2cccn2CCN1C(=O)OC(C)(C)C. The molecule has 1 aliphatic heterocycles. The summed E-state index contributed by atoms with van der Waals surface area (Å²) in [6.45, 7) is 8.48. The van der Waals surface area contributed by atoms with Gasteiger partial charge in [0.2, 0.25) is 0 Å². The van der Waals surface area contributed by atoms with E-state index in [1.165, 1.54) is 4.90 Å². The van der Waals surface area contributed by atoms with Gasteiger partial charge in [0.1, 0.15) is 5.60 Å². The van der Waals surface area contributed by atoms with Crippen molar-refractivity contribution in [3.05, 3.63) is 24.0 Å². The first-order chi connectivity index (χ1) is 9.83. The van der Waals surface area contributed by atoms with E-state index in [1.807, 2.05) is 22.9 Å². The van der Waals surface area contributed by atoms with Crippen LogP contribution in [-0.4, -0.2) is 40.3 Å². The van der Waals surface area contributed by atoms with E-state index < -0.39 is 23.7 Å². The zero-order valence-corrected chi connectivity index (χ0v) is 13.0. The van der Waals surface area contributed by atoms with Gasteiger partial charge in [-0.2, -0.15) is 0 Å². The third kappa shape index (κ3) is 3.37. The second-order valence-electron chi connectivity index (χ2n) is 5.95. The molecule has 1 aromatic heterocycles. The van der Waals surface area contributed by atoms with Crippen molar-refractivity contribution in [1.82, 2.24) is 9.47 Å². The number of hydrogen-bond acceptors (Lipinski definition) is 4. The number of carbonyl (C=O) groups excluding carboxylic acids is 2. The molecule has 0 aliphatic carbocycles. The molecular formula is C15H22N2O4. The van der Waals surface area contributed by atoms with Crippen molar-refractivity contribution in [2.75, 3.05) is 13.2 Å². The quantitative estimate of drug-likeness (QED) is 0.786. The van der Waals surface area contributed by atoms with E-state index >= 15 is 0 Å². The van der Waals surface area contributed by atoms with Crippen molar-refractivity contribution < 1.29 is 19.1 Å².